The first kappa shape index (κ1) is 21.7. The zero-order valence-electron chi connectivity index (χ0n) is 18.2. The van der Waals surface area contributed by atoms with Crippen molar-refractivity contribution < 1.29 is 23.5 Å². The van der Waals surface area contributed by atoms with E-state index in [0.717, 1.165) is 24.5 Å². The molecule has 1 N–H and O–H groups in total. The Morgan fingerprint density at radius 1 is 1.12 bits per heavy atom. The first-order valence-corrected chi connectivity index (χ1v) is 10.6. The number of carbonyl (C=O) groups excluding carboxylic acids is 2. The molecule has 2 aromatic carbocycles. The van der Waals surface area contributed by atoms with Gasteiger partial charge in [0.2, 0.25) is 5.91 Å². The van der Waals surface area contributed by atoms with Crippen LogP contribution in [0.1, 0.15) is 6.92 Å². The highest BCUT2D eigenvalue weighted by Gasteiger charge is 2.33. The minimum atomic E-state index is -0.544. The van der Waals surface area contributed by atoms with Crippen LogP contribution in [0.2, 0.25) is 0 Å². The van der Waals surface area contributed by atoms with Gasteiger partial charge < -0.3 is 24.6 Å². The van der Waals surface area contributed by atoms with Crippen LogP contribution in [0, 0.1) is 5.82 Å². The molecule has 0 unspecified atom stereocenters. The second-order valence-electron chi connectivity index (χ2n) is 7.84. The molecular weight excluding hydrogens is 415 g/mol. The summed E-state index contributed by atoms with van der Waals surface area (Å²) >= 11 is 0. The number of nitrogens with one attached hydrogen (secondary N) is 1. The molecule has 8 nitrogen and oxygen atoms in total. The van der Waals surface area contributed by atoms with Gasteiger partial charge in [0, 0.05) is 33.1 Å². The number of nitrogens with zero attached hydrogens (tertiary/aromatic N) is 3. The van der Waals surface area contributed by atoms with Crippen LogP contribution < -0.4 is 24.8 Å². The Morgan fingerprint density at radius 3 is 2.47 bits per heavy atom. The van der Waals surface area contributed by atoms with Crippen molar-refractivity contribution in [3.8, 4) is 5.75 Å². The van der Waals surface area contributed by atoms with Gasteiger partial charge in [-0.1, -0.05) is 12.1 Å². The molecule has 2 heterocycles. The third-order valence-electron chi connectivity index (χ3n) is 5.74. The van der Waals surface area contributed by atoms with Gasteiger partial charge in [0.15, 0.2) is 0 Å². The summed E-state index contributed by atoms with van der Waals surface area (Å²) in [5.74, 6) is 0.248. The molecule has 2 saturated heterocycles. The molecule has 2 aromatic rings. The molecule has 170 valence electrons. The average Bonchev–Trinajstić information content (AvgIpc) is 3.18. The molecule has 4 rings (SSSR count). The number of anilines is 3. The summed E-state index contributed by atoms with van der Waals surface area (Å²) in [6.07, 6.45) is -1.00. The third kappa shape index (κ3) is 4.56. The molecule has 2 fully saturated rings. The van der Waals surface area contributed by atoms with E-state index in [1.807, 2.05) is 29.2 Å². The zero-order valence-corrected chi connectivity index (χ0v) is 18.2. The van der Waals surface area contributed by atoms with Crippen molar-refractivity contribution in [2.24, 2.45) is 0 Å². The van der Waals surface area contributed by atoms with E-state index in [1.165, 1.54) is 17.9 Å². The minimum absolute atomic E-state index is 0.194. The van der Waals surface area contributed by atoms with E-state index in [0.29, 0.717) is 24.5 Å². The highest BCUT2D eigenvalue weighted by molar-refractivity contribution is 5.90. The average molecular weight is 442 g/mol. The van der Waals surface area contributed by atoms with Gasteiger partial charge in [-0.3, -0.25) is 9.69 Å². The van der Waals surface area contributed by atoms with E-state index in [2.05, 4.69) is 10.2 Å². The van der Waals surface area contributed by atoms with Crippen LogP contribution in [-0.2, 0) is 9.53 Å². The van der Waals surface area contributed by atoms with Crippen LogP contribution in [0.4, 0.5) is 26.2 Å². The first-order chi connectivity index (χ1) is 15.5. The zero-order chi connectivity index (χ0) is 22.7. The van der Waals surface area contributed by atoms with Crippen LogP contribution in [0.3, 0.4) is 0 Å². The molecule has 32 heavy (non-hydrogen) atoms. The fourth-order valence-corrected chi connectivity index (χ4v) is 4.10. The number of halogens is 1. The summed E-state index contributed by atoms with van der Waals surface area (Å²) in [4.78, 5) is 28.9. The Morgan fingerprint density at radius 2 is 1.81 bits per heavy atom. The maximum absolute atomic E-state index is 15.0. The second-order valence-corrected chi connectivity index (χ2v) is 7.84. The molecular formula is C23H27FN4O4. The standard InChI is InChI=1S/C23H27FN4O4/c1-16(29)25-14-18-15-28(23(30)32-18)17-7-8-20(19(24)13-17)26-9-11-27(12-10-26)21-5-3-4-6-22(21)31-2/h3-8,13,18H,9-12,14-15H2,1-2H3,(H,25,29)/t18-/m0/s1. The number of hydrogen-bond donors (Lipinski definition) is 1. The van der Waals surface area contributed by atoms with Crippen LogP contribution >= 0.6 is 0 Å². The molecule has 2 amide bonds. The van der Waals surface area contributed by atoms with Crippen LogP contribution in [0.15, 0.2) is 42.5 Å². The summed E-state index contributed by atoms with van der Waals surface area (Å²) in [6.45, 7) is 4.70. The minimum Gasteiger partial charge on any atom is -0.495 e. The fourth-order valence-electron chi connectivity index (χ4n) is 4.10. The van der Waals surface area contributed by atoms with Crippen LogP contribution in [0.5, 0.6) is 5.75 Å². The Kier molecular flexibility index (Phi) is 6.34. The van der Waals surface area contributed by atoms with E-state index in [4.69, 9.17) is 9.47 Å². The van der Waals surface area contributed by atoms with Gasteiger partial charge in [-0.2, -0.15) is 0 Å². The molecule has 1 atom stereocenters. The van der Waals surface area contributed by atoms with Gasteiger partial charge in [-0.05, 0) is 30.3 Å². The molecule has 0 aliphatic carbocycles. The number of amides is 2. The number of carbonyl (C=O) groups is 2. The SMILES string of the molecule is COc1ccccc1N1CCN(c2ccc(N3C[C@H](CNC(C)=O)OC3=O)cc2F)CC1. The molecule has 2 aliphatic heterocycles. The predicted octanol–water partition coefficient (Wildman–Crippen LogP) is 2.62. The molecule has 9 heteroatoms. The summed E-state index contributed by atoms with van der Waals surface area (Å²) in [5, 5.41) is 2.63. The van der Waals surface area contributed by atoms with E-state index in [9.17, 15) is 14.0 Å². The smallest absolute Gasteiger partial charge is 0.414 e. The first-order valence-electron chi connectivity index (χ1n) is 10.6. The maximum atomic E-state index is 15.0. The molecule has 2 aliphatic rings. The number of ether oxygens (including phenoxy) is 2. The summed E-state index contributed by atoms with van der Waals surface area (Å²) < 4.78 is 25.7. The van der Waals surface area contributed by atoms with E-state index in [1.54, 1.807) is 19.2 Å². The van der Waals surface area contributed by atoms with Gasteiger partial charge in [0.05, 0.1) is 37.3 Å². The number of hydrogen-bond acceptors (Lipinski definition) is 6. The van der Waals surface area contributed by atoms with Crippen molar-refractivity contribution >= 4 is 29.1 Å². The summed E-state index contributed by atoms with van der Waals surface area (Å²) in [6, 6.07) is 12.7. The van der Waals surface area contributed by atoms with Crippen molar-refractivity contribution in [1.82, 2.24) is 5.32 Å². The van der Waals surface area contributed by atoms with E-state index >= 15 is 0 Å². The van der Waals surface area contributed by atoms with E-state index < -0.39 is 12.2 Å². The maximum Gasteiger partial charge on any atom is 0.414 e. The van der Waals surface area contributed by atoms with Crippen LogP contribution in [-0.4, -0.2) is 64.5 Å². The summed E-state index contributed by atoms with van der Waals surface area (Å²) in [7, 11) is 1.66. The van der Waals surface area contributed by atoms with Gasteiger partial charge in [0.25, 0.3) is 0 Å². The Balaban J connectivity index is 1.40. The van der Waals surface area contributed by atoms with Crippen molar-refractivity contribution in [3.05, 3.63) is 48.3 Å². The highest BCUT2D eigenvalue weighted by Crippen LogP contribution is 2.31. The van der Waals surface area contributed by atoms with Crippen molar-refractivity contribution in [2.75, 3.05) is 61.1 Å². The molecule has 0 spiro atoms. The lowest BCUT2D eigenvalue weighted by atomic mass is 10.2. The summed E-state index contributed by atoms with van der Waals surface area (Å²) in [5.41, 5.74) is 1.98. The Hall–Kier alpha value is -3.49. The van der Waals surface area contributed by atoms with Crippen LogP contribution in [0.25, 0.3) is 0 Å². The Bertz CT molecular complexity index is 994. The van der Waals surface area contributed by atoms with Gasteiger partial charge in [0.1, 0.15) is 17.7 Å². The van der Waals surface area contributed by atoms with Gasteiger partial charge >= 0.3 is 6.09 Å². The Labute approximate surface area is 186 Å². The molecule has 0 bridgehead atoms. The third-order valence-corrected chi connectivity index (χ3v) is 5.74. The van der Waals surface area contributed by atoms with Gasteiger partial charge in [-0.15, -0.1) is 0 Å². The molecule has 0 radical (unpaired) electrons. The number of benzene rings is 2. The lowest BCUT2D eigenvalue weighted by Gasteiger charge is -2.38. The largest absolute Gasteiger partial charge is 0.495 e. The fraction of sp³-hybridized carbons (Fsp3) is 0.391. The second kappa shape index (κ2) is 9.33. The topological polar surface area (TPSA) is 74.3 Å². The monoisotopic (exact) mass is 442 g/mol. The predicted molar refractivity (Wildman–Crippen MR) is 120 cm³/mol. The number of cyclic esters (lactones) is 1. The lowest BCUT2D eigenvalue weighted by Crippen LogP contribution is -2.47. The normalized spacial score (nSPS) is 18.5. The number of methoxy groups -OCH3 is 1. The highest BCUT2D eigenvalue weighted by atomic mass is 19.1. The molecule has 0 aromatic heterocycles. The van der Waals surface area contributed by atoms with Gasteiger partial charge in [-0.25, -0.2) is 9.18 Å². The quantitative estimate of drug-likeness (QED) is 0.742. The van der Waals surface area contributed by atoms with Crippen molar-refractivity contribution in [3.63, 3.8) is 0 Å². The number of para-hydroxylation sites is 2. The van der Waals surface area contributed by atoms with Crippen molar-refractivity contribution in [2.45, 2.75) is 13.0 Å². The van der Waals surface area contributed by atoms with E-state index in [-0.39, 0.29) is 24.8 Å². The number of rotatable bonds is 6. The lowest BCUT2D eigenvalue weighted by molar-refractivity contribution is -0.119. The number of piperazine rings is 1. The molecule has 0 saturated carbocycles. The van der Waals surface area contributed by atoms with Crippen molar-refractivity contribution in [1.29, 1.82) is 0 Å².